The molecule has 1 aromatic rings. The van der Waals surface area contributed by atoms with Crippen molar-refractivity contribution in [1.82, 2.24) is 25.3 Å². The molecule has 1 fully saturated rings. The lowest BCUT2D eigenvalue weighted by Gasteiger charge is -2.38. The minimum absolute atomic E-state index is 0.0697. The number of nitrogens with zero attached hydrogens (tertiary/aromatic N) is 3. The molecule has 0 spiro atoms. The second kappa shape index (κ2) is 7.98. The molecule has 1 aromatic heterocycles. The van der Waals surface area contributed by atoms with Gasteiger partial charge < -0.3 is 20.6 Å². The third-order valence-corrected chi connectivity index (χ3v) is 5.12. The van der Waals surface area contributed by atoms with E-state index in [-0.39, 0.29) is 23.6 Å². The Bertz CT molecular complexity index is 545. The van der Waals surface area contributed by atoms with E-state index in [2.05, 4.69) is 27.6 Å². The Labute approximate surface area is 144 Å². The van der Waals surface area contributed by atoms with Crippen molar-refractivity contribution in [2.75, 3.05) is 27.2 Å². The first-order valence-electron chi connectivity index (χ1n) is 8.66. The molecule has 0 radical (unpaired) electrons. The van der Waals surface area contributed by atoms with Crippen LogP contribution >= 0.6 is 0 Å². The summed E-state index contributed by atoms with van der Waals surface area (Å²) in [5.74, 6) is 0. The van der Waals surface area contributed by atoms with Crippen LogP contribution in [0.25, 0.3) is 0 Å². The normalized spacial score (nSPS) is 25.5. The SMILES string of the molecule is CN(C)C(CNC(=O)NCC1(C)CCCCC1O)c1cnn(C)c1. The van der Waals surface area contributed by atoms with Gasteiger partial charge in [0.25, 0.3) is 0 Å². The first kappa shape index (κ1) is 18.7. The van der Waals surface area contributed by atoms with Crippen LogP contribution in [0.15, 0.2) is 12.4 Å². The lowest BCUT2D eigenvalue weighted by molar-refractivity contribution is 0.00307. The van der Waals surface area contributed by atoms with Gasteiger partial charge in [-0.25, -0.2) is 4.79 Å². The van der Waals surface area contributed by atoms with Crippen LogP contribution in [0.4, 0.5) is 4.79 Å². The first-order chi connectivity index (χ1) is 11.3. The van der Waals surface area contributed by atoms with E-state index >= 15 is 0 Å². The molecule has 0 aromatic carbocycles. The topological polar surface area (TPSA) is 82.4 Å². The summed E-state index contributed by atoms with van der Waals surface area (Å²) in [6, 6.07) is -0.120. The zero-order chi connectivity index (χ0) is 17.7. The molecule has 3 N–H and O–H groups in total. The monoisotopic (exact) mass is 337 g/mol. The third-order valence-electron chi connectivity index (χ3n) is 5.12. The lowest BCUT2D eigenvalue weighted by Crippen LogP contribution is -2.48. The molecule has 7 heteroatoms. The van der Waals surface area contributed by atoms with Gasteiger partial charge in [0.2, 0.25) is 0 Å². The van der Waals surface area contributed by atoms with Crippen molar-refractivity contribution < 1.29 is 9.90 Å². The highest BCUT2D eigenvalue weighted by atomic mass is 16.3. The number of hydrogen-bond donors (Lipinski definition) is 3. The molecular formula is C17H31N5O2. The van der Waals surface area contributed by atoms with Gasteiger partial charge in [0.05, 0.1) is 18.3 Å². The molecule has 1 heterocycles. The number of aromatic nitrogens is 2. The summed E-state index contributed by atoms with van der Waals surface area (Å²) in [7, 11) is 5.85. The summed E-state index contributed by atoms with van der Waals surface area (Å²) in [5, 5.41) is 20.2. The fraction of sp³-hybridized carbons (Fsp3) is 0.765. The van der Waals surface area contributed by atoms with E-state index in [1.165, 1.54) is 0 Å². The van der Waals surface area contributed by atoms with Gasteiger partial charge in [-0.15, -0.1) is 0 Å². The quantitative estimate of drug-likeness (QED) is 0.730. The van der Waals surface area contributed by atoms with Crippen molar-refractivity contribution in [3.8, 4) is 0 Å². The maximum absolute atomic E-state index is 12.2. The Balaban J connectivity index is 1.83. The molecule has 3 atom stereocenters. The van der Waals surface area contributed by atoms with Crippen molar-refractivity contribution in [1.29, 1.82) is 0 Å². The van der Waals surface area contributed by atoms with E-state index in [0.29, 0.717) is 13.1 Å². The molecule has 0 saturated heterocycles. The van der Waals surface area contributed by atoms with Gasteiger partial charge in [-0.05, 0) is 26.9 Å². The van der Waals surface area contributed by atoms with Gasteiger partial charge in [-0.1, -0.05) is 19.8 Å². The fourth-order valence-corrected chi connectivity index (χ4v) is 3.33. The van der Waals surface area contributed by atoms with E-state index in [9.17, 15) is 9.90 Å². The number of carbonyl (C=O) groups excluding carboxylic acids is 1. The Morgan fingerprint density at radius 1 is 1.50 bits per heavy atom. The van der Waals surface area contributed by atoms with Crippen LogP contribution in [0.1, 0.15) is 44.2 Å². The Morgan fingerprint density at radius 3 is 2.83 bits per heavy atom. The summed E-state index contributed by atoms with van der Waals surface area (Å²) in [6.45, 7) is 3.05. The molecule has 136 valence electrons. The number of rotatable bonds is 6. The largest absolute Gasteiger partial charge is 0.392 e. The van der Waals surface area contributed by atoms with Gasteiger partial charge in [0.1, 0.15) is 0 Å². The summed E-state index contributed by atoms with van der Waals surface area (Å²) in [4.78, 5) is 14.2. The number of hydrogen-bond acceptors (Lipinski definition) is 4. The molecule has 3 unspecified atom stereocenters. The highest BCUT2D eigenvalue weighted by Crippen LogP contribution is 2.35. The van der Waals surface area contributed by atoms with E-state index in [0.717, 1.165) is 31.2 Å². The van der Waals surface area contributed by atoms with Gasteiger partial charge in [0, 0.05) is 37.3 Å². The van der Waals surface area contributed by atoms with Crippen molar-refractivity contribution in [3.63, 3.8) is 0 Å². The minimum Gasteiger partial charge on any atom is -0.392 e. The number of nitrogens with one attached hydrogen (secondary N) is 2. The molecule has 24 heavy (non-hydrogen) atoms. The van der Waals surface area contributed by atoms with Crippen LogP contribution in [0.3, 0.4) is 0 Å². The van der Waals surface area contributed by atoms with Gasteiger partial charge >= 0.3 is 6.03 Å². The number of aliphatic hydroxyl groups is 1. The molecule has 0 bridgehead atoms. The van der Waals surface area contributed by atoms with Gasteiger partial charge in [0.15, 0.2) is 0 Å². The predicted molar refractivity (Wildman–Crippen MR) is 93.6 cm³/mol. The molecule has 1 aliphatic rings. The lowest BCUT2D eigenvalue weighted by atomic mass is 9.73. The van der Waals surface area contributed by atoms with Crippen molar-refractivity contribution >= 4 is 6.03 Å². The van der Waals surface area contributed by atoms with Crippen molar-refractivity contribution in [2.24, 2.45) is 12.5 Å². The number of amides is 2. The van der Waals surface area contributed by atoms with Crippen molar-refractivity contribution in [3.05, 3.63) is 18.0 Å². The summed E-state index contributed by atoms with van der Waals surface area (Å²) in [6.07, 6.45) is 7.40. The maximum Gasteiger partial charge on any atom is 0.314 e. The Hall–Kier alpha value is -1.60. The molecule has 7 nitrogen and oxygen atoms in total. The van der Waals surface area contributed by atoms with Crippen LogP contribution in [-0.4, -0.2) is 59.1 Å². The predicted octanol–water partition coefficient (Wildman–Crippen LogP) is 1.26. The highest BCUT2D eigenvalue weighted by molar-refractivity contribution is 5.73. The Morgan fingerprint density at radius 2 is 2.25 bits per heavy atom. The first-order valence-corrected chi connectivity index (χ1v) is 8.66. The molecule has 1 aliphatic carbocycles. The van der Waals surface area contributed by atoms with Crippen LogP contribution in [0.5, 0.6) is 0 Å². The fourth-order valence-electron chi connectivity index (χ4n) is 3.33. The average Bonchev–Trinajstić information content (AvgIpc) is 2.94. The molecular weight excluding hydrogens is 306 g/mol. The van der Waals surface area contributed by atoms with Gasteiger partial charge in [-0.2, -0.15) is 5.10 Å². The van der Waals surface area contributed by atoms with Crippen LogP contribution < -0.4 is 10.6 Å². The van der Waals surface area contributed by atoms with E-state index in [1.807, 2.05) is 33.5 Å². The third kappa shape index (κ3) is 4.70. The summed E-state index contributed by atoms with van der Waals surface area (Å²) >= 11 is 0. The highest BCUT2D eigenvalue weighted by Gasteiger charge is 2.35. The zero-order valence-corrected chi connectivity index (χ0v) is 15.2. The number of carbonyl (C=O) groups is 1. The Kier molecular flexibility index (Phi) is 6.23. The average molecular weight is 337 g/mol. The molecule has 2 amide bonds. The molecule has 0 aliphatic heterocycles. The molecule has 2 rings (SSSR count). The molecule has 1 saturated carbocycles. The smallest absolute Gasteiger partial charge is 0.314 e. The van der Waals surface area contributed by atoms with Crippen LogP contribution in [0.2, 0.25) is 0 Å². The van der Waals surface area contributed by atoms with Crippen molar-refractivity contribution in [2.45, 2.75) is 44.8 Å². The number of likely N-dealkylation sites (N-methyl/N-ethyl adjacent to an activating group) is 1. The van der Waals surface area contributed by atoms with E-state index in [1.54, 1.807) is 4.68 Å². The maximum atomic E-state index is 12.2. The van der Waals surface area contributed by atoms with Crippen LogP contribution in [-0.2, 0) is 7.05 Å². The van der Waals surface area contributed by atoms with Crippen LogP contribution in [0, 0.1) is 5.41 Å². The zero-order valence-electron chi connectivity index (χ0n) is 15.2. The number of aliphatic hydroxyl groups excluding tert-OH is 1. The summed E-state index contributed by atoms with van der Waals surface area (Å²) < 4.78 is 1.76. The standard InChI is InChI=1S/C17H31N5O2/c1-17(8-6-5-7-15(17)23)12-19-16(24)18-10-14(21(2)3)13-9-20-22(4)11-13/h9,11,14-15,23H,5-8,10,12H2,1-4H3,(H2,18,19,24). The second-order valence-electron chi connectivity index (χ2n) is 7.41. The van der Waals surface area contributed by atoms with E-state index in [4.69, 9.17) is 0 Å². The second-order valence-corrected chi connectivity index (χ2v) is 7.41. The van der Waals surface area contributed by atoms with Gasteiger partial charge in [-0.3, -0.25) is 4.68 Å². The summed E-state index contributed by atoms with van der Waals surface area (Å²) in [5.41, 5.74) is 0.845. The minimum atomic E-state index is -0.337. The van der Waals surface area contributed by atoms with E-state index < -0.39 is 0 Å². The number of aryl methyl sites for hydroxylation is 1. The number of urea groups is 1.